The van der Waals surface area contributed by atoms with E-state index >= 15 is 0 Å². The molecule has 3 aliphatic rings. The van der Waals surface area contributed by atoms with Crippen LogP contribution in [-0.4, -0.2) is 52.5 Å². The molecule has 0 N–H and O–H groups in total. The van der Waals surface area contributed by atoms with Crippen LogP contribution in [0.2, 0.25) is 0 Å². The van der Waals surface area contributed by atoms with E-state index in [0.717, 1.165) is 27.7 Å². The Kier molecular flexibility index (Phi) is 39.2. The molecule has 0 aromatic heterocycles. The molecule has 3 saturated carbocycles. The Hall–Kier alpha value is -7.57. The molecule has 8 aromatic carbocycles. The second-order valence-corrected chi connectivity index (χ2v) is 32.7. The van der Waals surface area contributed by atoms with Gasteiger partial charge in [-0.15, -0.1) is 0 Å². The molecule has 0 saturated heterocycles. The van der Waals surface area contributed by atoms with Gasteiger partial charge in [-0.2, -0.15) is 35.1 Å². The van der Waals surface area contributed by atoms with Gasteiger partial charge in [-0.05, 0) is 216 Å². The van der Waals surface area contributed by atoms with Crippen LogP contribution < -0.4 is 0 Å². The highest BCUT2D eigenvalue weighted by atomic mass is 19.3. The third-order valence-corrected chi connectivity index (χ3v) is 20.0. The highest BCUT2D eigenvalue weighted by molar-refractivity contribution is 5.34. The molecule has 19 heteroatoms. The zero-order valence-electron chi connectivity index (χ0n) is 70.9. The van der Waals surface area contributed by atoms with Crippen LogP contribution in [0.25, 0.3) is 0 Å². The maximum atomic E-state index is 13.3. The highest BCUT2D eigenvalue weighted by Crippen LogP contribution is 2.60. The molecule has 0 heterocycles. The van der Waals surface area contributed by atoms with E-state index in [2.05, 4.69) is 277 Å². The van der Waals surface area contributed by atoms with Gasteiger partial charge in [0.2, 0.25) is 0 Å². The van der Waals surface area contributed by atoms with Crippen LogP contribution in [-0.2, 0) is 5.41 Å². The number of aryl methyl sites for hydroxylation is 12. The Labute approximate surface area is 662 Å². The zero-order valence-corrected chi connectivity index (χ0v) is 70.9. The summed E-state index contributed by atoms with van der Waals surface area (Å²) in [6.45, 7) is 46.8. The molecule has 3 atom stereocenters. The van der Waals surface area contributed by atoms with Crippen molar-refractivity contribution in [2.45, 2.75) is 295 Å². The normalized spacial score (nSPS) is 19.9. The number of alkyl halides is 15. The number of hydrogen-bond acceptors (Lipinski definition) is 0. The first kappa shape index (κ1) is 103. The molecule has 0 aliphatic heterocycles. The van der Waals surface area contributed by atoms with Gasteiger partial charge in [-0.25, -0.2) is 48.3 Å². The molecule has 0 spiro atoms. The first-order valence-corrected chi connectivity index (χ1v) is 37.7. The summed E-state index contributed by atoms with van der Waals surface area (Å²) in [5.74, 6) is -29.1. The first-order chi connectivity index (χ1) is 51.3. The summed E-state index contributed by atoms with van der Waals surface area (Å²) in [7, 11) is 0. The summed E-state index contributed by atoms with van der Waals surface area (Å²) in [5.41, 5.74) is 8.67. The Morgan fingerprint density at radius 1 is 0.292 bits per heavy atom. The van der Waals surface area contributed by atoms with E-state index in [1.807, 2.05) is 18.2 Å². The standard InChI is InChI=1S/2C11H16.C10H14.C9H13F5.C9H12.C8H6F4.2C8H10.C7H9F5.C7H8.C6H7F5/c1-8(2)11-7-9(3)5-6-10(11)4;1-9-7-5-6-8-10(9)11(2,3)4;1-8(2)10-7-5-4-6-9(10)3;1-6(2)4-5-7(3,10)9(13,14)8(6,11)12;1-7-4-5-8(2)9(3)6-7;1-3-5(9)7(11)4(2)8(12)6(3)10;1-7-3-5-8(2)6-4-7;1-7-5-3-4-6-8(7)2;1-5(8)3-2-4-6(9,10)7(5,11)12;1-7-5-3-2-4-6-7;1-4(7)2-5(8,9)3-6(4,10)11/h2*5-8H,1-4H3;4-8H,1-3H3;4-5H2,1-3H3;4-6H,1-3H3;1-2H3;2*3-6H,1-2H3;2-4H2,1H3;2-6H,1H3;2-3H2,1H3. The lowest BCUT2D eigenvalue weighted by atomic mass is 9.67. The van der Waals surface area contributed by atoms with Crippen LogP contribution in [0, 0.1) is 126 Å². The van der Waals surface area contributed by atoms with E-state index < -0.39 is 124 Å². The minimum atomic E-state index is -4.60. The van der Waals surface area contributed by atoms with Gasteiger partial charge in [-0.1, -0.05) is 254 Å². The highest BCUT2D eigenvalue weighted by Gasteiger charge is 2.76. The fourth-order valence-corrected chi connectivity index (χ4v) is 11.7. The SMILES string of the molecule is CC1(C)CCC(C)(F)C(F)(F)C1(F)F.CC1(F)CC(F)(F)CC1(F)F.CC1(F)CCCC(F)(F)C1(F)F.Cc1c(F)c(F)c(C)c(F)c1F.Cc1ccc(C)c(C(C)C)c1.Cc1ccc(C)c(C)c1.Cc1ccc(C)cc1.Cc1ccccc1.Cc1ccccc1C.Cc1ccccc1C(C)(C)C.Cc1ccccc1C(C)C. The Balaban J connectivity index is 0.000000624. The molecular formula is C94H121F19. The van der Waals surface area contributed by atoms with Crippen molar-refractivity contribution in [3.05, 3.63) is 282 Å². The van der Waals surface area contributed by atoms with E-state index in [-0.39, 0.29) is 18.3 Å². The van der Waals surface area contributed by atoms with E-state index in [1.165, 1.54) is 83.5 Å². The van der Waals surface area contributed by atoms with Gasteiger partial charge >= 0.3 is 23.7 Å². The molecule has 8 aromatic rings. The molecule has 0 nitrogen and oxygen atoms in total. The molecule has 3 aliphatic carbocycles. The minimum Gasteiger partial charge on any atom is -0.237 e. The predicted octanol–water partition coefficient (Wildman–Crippen LogP) is 31.7. The van der Waals surface area contributed by atoms with Crippen molar-refractivity contribution in [3.8, 4) is 0 Å². The topological polar surface area (TPSA) is 0 Å². The molecule has 630 valence electrons. The summed E-state index contributed by atoms with van der Waals surface area (Å²) in [4.78, 5) is 0. The quantitative estimate of drug-likeness (QED) is 0.120. The minimum absolute atomic E-state index is 0.199. The number of hydrogen-bond donors (Lipinski definition) is 0. The zero-order chi connectivity index (χ0) is 87.8. The molecule has 0 bridgehead atoms. The van der Waals surface area contributed by atoms with E-state index in [1.54, 1.807) is 0 Å². The molecular weight excluding hydrogens is 1490 g/mol. The predicted molar refractivity (Wildman–Crippen MR) is 429 cm³/mol. The maximum Gasteiger partial charge on any atom is 0.343 e. The van der Waals surface area contributed by atoms with Gasteiger partial charge in [0.05, 0.1) is 12.8 Å². The molecule has 11 rings (SSSR count). The lowest BCUT2D eigenvalue weighted by Crippen LogP contribution is -2.64. The van der Waals surface area contributed by atoms with Gasteiger partial charge in [0.15, 0.2) is 40.3 Å². The lowest BCUT2D eigenvalue weighted by Gasteiger charge is -2.48. The van der Waals surface area contributed by atoms with Crippen molar-refractivity contribution in [2.75, 3.05) is 0 Å². The van der Waals surface area contributed by atoms with Crippen molar-refractivity contribution < 1.29 is 83.4 Å². The lowest BCUT2D eigenvalue weighted by molar-refractivity contribution is -0.329. The monoisotopic (exact) mass is 1610 g/mol. The van der Waals surface area contributed by atoms with Crippen molar-refractivity contribution in [1.29, 1.82) is 0 Å². The van der Waals surface area contributed by atoms with Crippen molar-refractivity contribution in [3.63, 3.8) is 0 Å². The van der Waals surface area contributed by atoms with Crippen LogP contribution >= 0.6 is 0 Å². The van der Waals surface area contributed by atoms with Gasteiger partial charge in [0.1, 0.15) is 0 Å². The number of halogens is 19. The average molecular weight is 1610 g/mol. The maximum absolute atomic E-state index is 13.3. The summed E-state index contributed by atoms with van der Waals surface area (Å²) in [5, 5.41) is 0. The second kappa shape index (κ2) is 42.9. The smallest absolute Gasteiger partial charge is 0.237 e. The van der Waals surface area contributed by atoms with Crippen molar-refractivity contribution >= 4 is 0 Å². The molecule has 0 amide bonds. The van der Waals surface area contributed by atoms with Crippen LogP contribution in [0.5, 0.6) is 0 Å². The second-order valence-electron chi connectivity index (χ2n) is 32.7. The summed E-state index contributed by atoms with van der Waals surface area (Å²) < 4.78 is 242. The summed E-state index contributed by atoms with van der Waals surface area (Å²) in [6, 6.07) is 57.4. The number of benzene rings is 8. The fourth-order valence-electron chi connectivity index (χ4n) is 11.7. The summed E-state index contributed by atoms with van der Waals surface area (Å²) >= 11 is 0. The van der Waals surface area contributed by atoms with Crippen molar-refractivity contribution in [1.82, 2.24) is 0 Å². The Morgan fingerprint density at radius 2 is 0.637 bits per heavy atom. The Bertz CT molecular complexity index is 3970. The average Bonchev–Trinajstić information content (AvgIpc) is 1.21. The fraction of sp³-hybridized carbons (Fsp3) is 0.489. The third-order valence-electron chi connectivity index (χ3n) is 20.0. The van der Waals surface area contributed by atoms with Crippen LogP contribution in [0.1, 0.15) is 234 Å². The van der Waals surface area contributed by atoms with E-state index in [9.17, 15) is 83.4 Å². The largest absolute Gasteiger partial charge is 0.343 e. The van der Waals surface area contributed by atoms with Gasteiger partial charge < -0.3 is 0 Å². The van der Waals surface area contributed by atoms with E-state index in [0.29, 0.717) is 32.6 Å². The first-order valence-electron chi connectivity index (χ1n) is 37.7. The Morgan fingerprint density at radius 3 is 0.920 bits per heavy atom. The van der Waals surface area contributed by atoms with Crippen molar-refractivity contribution in [2.24, 2.45) is 5.41 Å². The summed E-state index contributed by atoms with van der Waals surface area (Å²) in [6.07, 6.45) is -5.48. The third kappa shape index (κ3) is 30.9. The molecule has 3 unspecified atom stereocenters. The van der Waals surface area contributed by atoms with Crippen LogP contribution in [0.15, 0.2) is 164 Å². The molecule has 3 fully saturated rings. The van der Waals surface area contributed by atoms with E-state index in [4.69, 9.17) is 0 Å². The van der Waals surface area contributed by atoms with Crippen LogP contribution in [0.4, 0.5) is 83.4 Å². The van der Waals surface area contributed by atoms with Gasteiger partial charge in [-0.3, -0.25) is 0 Å². The van der Waals surface area contributed by atoms with Gasteiger partial charge in [0, 0.05) is 23.0 Å². The molecule has 0 radical (unpaired) electrons. The van der Waals surface area contributed by atoms with Crippen LogP contribution in [0.3, 0.4) is 0 Å². The number of rotatable bonds is 2. The molecule has 113 heavy (non-hydrogen) atoms. The van der Waals surface area contributed by atoms with Gasteiger partial charge in [0.25, 0.3) is 11.8 Å².